The van der Waals surface area contributed by atoms with Gasteiger partial charge >= 0.3 is 0 Å². The largest absolute Gasteiger partial charge is 0.507 e. The number of phenolic OH excluding ortho intramolecular Hbond substituents is 1. The second kappa shape index (κ2) is 7.97. The van der Waals surface area contributed by atoms with Gasteiger partial charge in [0.05, 0.1) is 43.4 Å². The topological polar surface area (TPSA) is 70.6 Å². The van der Waals surface area contributed by atoms with Crippen LogP contribution in [0.25, 0.3) is 10.8 Å². The molecule has 4 N–H and O–H groups in total. The summed E-state index contributed by atoms with van der Waals surface area (Å²) in [6.45, 7) is 6.75. The molecule has 0 aliphatic carbocycles. The molecule has 1 amide bonds. The number of amides is 1. The van der Waals surface area contributed by atoms with Crippen LogP contribution in [-0.4, -0.2) is 56.0 Å². The molecule has 2 atom stereocenters. The van der Waals surface area contributed by atoms with Crippen LogP contribution in [0.3, 0.4) is 0 Å². The fourth-order valence-corrected chi connectivity index (χ4v) is 6.47. The molecule has 4 aliphatic rings. The van der Waals surface area contributed by atoms with Gasteiger partial charge in [-0.25, -0.2) is 5.43 Å². The van der Waals surface area contributed by atoms with E-state index in [1.54, 1.807) is 21.9 Å². The maximum Gasteiger partial charge on any atom is 0.275 e. The molecule has 168 valence electrons. The van der Waals surface area contributed by atoms with Crippen LogP contribution in [0.1, 0.15) is 15.9 Å². The summed E-state index contributed by atoms with van der Waals surface area (Å²) in [4.78, 5) is 16.4. The van der Waals surface area contributed by atoms with Crippen molar-refractivity contribution in [1.29, 1.82) is 0 Å². The van der Waals surface area contributed by atoms with Gasteiger partial charge in [-0.1, -0.05) is 54.6 Å². The Morgan fingerprint density at radius 3 is 2.30 bits per heavy atom. The lowest BCUT2D eigenvalue weighted by Gasteiger charge is -2.46. The minimum absolute atomic E-state index is 0.0154. The van der Waals surface area contributed by atoms with Gasteiger partial charge in [0.15, 0.2) is 0 Å². The van der Waals surface area contributed by atoms with Crippen molar-refractivity contribution in [3.8, 4) is 5.75 Å². The van der Waals surface area contributed by atoms with E-state index < -0.39 is 0 Å². The Kier molecular flexibility index (Phi) is 4.93. The molecule has 4 aliphatic heterocycles. The van der Waals surface area contributed by atoms with Gasteiger partial charge in [-0.05, 0) is 34.9 Å². The van der Waals surface area contributed by atoms with E-state index >= 15 is 0 Å². The lowest BCUT2D eigenvalue weighted by Crippen LogP contribution is -3.17. The maximum absolute atomic E-state index is 13.1. The molecule has 0 aromatic heterocycles. The van der Waals surface area contributed by atoms with E-state index in [0.717, 1.165) is 49.1 Å². The average molecular weight is 443 g/mol. The normalized spacial score (nSPS) is 29.3. The second-order valence-corrected chi connectivity index (χ2v) is 10.1. The molecule has 0 saturated carbocycles. The number of benzene rings is 3. The second-order valence-electron chi connectivity index (χ2n) is 10.1. The van der Waals surface area contributed by atoms with E-state index in [0.29, 0.717) is 5.92 Å². The Hall–Kier alpha value is -3.22. The van der Waals surface area contributed by atoms with E-state index in [1.807, 2.05) is 24.3 Å². The Morgan fingerprint density at radius 2 is 1.61 bits per heavy atom. The highest BCUT2D eigenvalue weighted by Crippen LogP contribution is 2.31. The molecule has 4 fully saturated rings. The summed E-state index contributed by atoms with van der Waals surface area (Å²) < 4.78 is 0. The molecular weight excluding hydrogens is 412 g/mol. The monoisotopic (exact) mass is 442 g/mol. The summed E-state index contributed by atoms with van der Waals surface area (Å²) in [5.74, 6) is 0.0140. The minimum atomic E-state index is -0.354. The number of fused-ring (bicyclic) bond motifs is 2. The summed E-state index contributed by atoms with van der Waals surface area (Å²) in [5, 5.41) is 17.1. The van der Waals surface area contributed by atoms with Gasteiger partial charge in [0.25, 0.3) is 5.91 Å². The van der Waals surface area contributed by atoms with Crippen LogP contribution in [0.4, 0.5) is 0 Å². The molecule has 4 heterocycles. The smallest absolute Gasteiger partial charge is 0.275 e. The summed E-state index contributed by atoms with van der Waals surface area (Å²) in [7, 11) is 0. The van der Waals surface area contributed by atoms with Gasteiger partial charge in [0.1, 0.15) is 24.3 Å². The zero-order chi connectivity index (χ0) is 22.4. The minimum Gasteiger partial charge on any atom is -0.507 e. The van der Waals surface area contributed by atoms with Crippen molar-refractivity contribution in [2.45, 2.75) is 6.42 Å². The van der Waals surface area contributed by atoms with Crippen molar-refractivity contribution in [2.75, 3.05) is 39.3 Å². The molecule has 2 unspecified atom stereocenters. The van der Waals surface area contributed by atoms with Crippen molar-refractivity contribution < 1.29 is 19.7 Å². The lowest BCUT2D eigenvalue weighted by atomic mass is 9.67. The molecule has 0 spiro atoms. The van der Waals surface area contributed by atoms with Gasteiger partial charge in [-0.2, -0.15) is 5.10 Å². The molecule has 33 heavy (non-hydrogen) atoms. The Morgan fingerprint density at radius 1 is 0.970 bits per heavy atom. The first-order valence-corrected chi connectivity index (χ1v) is 11.9. The average Bonchev–Trinajstić information content (AvgIpc) is 3.06. The standard InChI is InChI=1S/C27H28N4O2/c32-24-13-21-9-5-4-8-20(21)12-23(24)26(33)29-28-25-22-15-30-10-11-31(16-22)18-27(25,17-30)14-19-6-2-1-3-7-19/h1-9,12-13,22,32H,10-11,14-18H2,(H,29,33)/p+2. The molecular formula is C27H30N4O2+2. The summed E-state index contributed by atoms with van der Waals surface area (Å²) in [6, 6.07) is 21.8. The highest BCUT2D eigenvalue weighted by molar-refractivity contribution is 6.02. The number of phenols is 1. The first-order valence-electron chi connectivity index (χ1n) is 11.9. The van der Waals surface area contributed by atoms with Crippen molar-refractivity contribution in [3.63, 3.8) is 0 Å². The SMILES string of the molecule is O=C(NN=C1C2C[NH+]3CC[NH+](C2)CC1(Cc1ccccc1)C3)c1cc2ccccc2cc1O. The van der Waals surface area contributed by atoms with Gasteiger partial charge in [0.2, 0.25) is 0 Å². The molecule has 3 aromatic rings. The van der Waals surface area contributed by atoms with E-state index in [9.17, 15) is 9.90 Å². The summed E-state index contributed by atoms with van der Waals surface area (Å²) in [5.41, 5.74) is 5.53. The van der Waals surface area contributed by atoms with Crippen molar-refractivity contribution in [2.24, 2.45) is 16.4 Å². The molecule has 0 radical (unpaired) electrons. The number of carbonyl (C=O) groups is 1. The predicted molar refractivity (Wildman–Crippen MR) is 128 cm³/mol. The number of hydrazone groups is 1. The summed E-state index contributed by atoms with van der Waals surface area (Å²) >= 11 is 0. The van der Waals surface area contributed by atoms with E-state index in [2.05, 4.69) is 35.8 Å². The number of aromatic hydroxyl groups is 1. The molecule has 6 heteroatoms. The highest BCUT2D eigenvalue weighted by Gasteiger charge is 2.57. The van der Waals surface area contributed by atoms with Gasteiger partial charge in [-0.15, -0.1) is 0 Å². The van der Waals surface area contributed by atoms with Crippen molar-refractivity contribution in [1.82, 2.24) is 5.43 Å². The third-order valence-corrected chi connectivity index (χ3v) is 7.78. The first-order chi connectivity index (χ1) is 16.1. The zero-order valence-corrected chi connectivity index (χ0v) is 18.7. The lowest BCUT2D eigenvalue weighted by molar-refractivity contribution is -0.918. The Bertz CT molecular complexity index is 1220. The number of nitrogens with one attached hydrogen (secondary N) is 3. The Labute approximate surface area is 193 Å². The van der Waals surface area contributed by atoms with Crippen LogP contribution >= 0.6 is 0 Å². The van der Waals surface area contributed by atoms with Crippen LogP contribution in [0, 0.1) is 11.3 Å². The third kappa shape index (κ3) is 3.69. The van der Waals surface area contributed by atoms with Crippen LogP contribution in [-0.2, 0) is 6.42 Å². The van der Waals surface area contributed by atoms with E-state index in [-0.39, 0.29) is 22.6 Å². The fourth-order valence-electron chi connectivity index (χ4n) is 6.47. The van der Waals surface area contributed by atoms with Gasteiger partial charge in [0, 0.05) is 0 Å². The van der Waals surface area contributed by atoms with Crippen LogP contribution < -0.4 is 15.2 Å². The van der Waals surface area contributed by atoms with E-state index in [4.69, 9.17) is 5.10 Å². The molecule has 7 rings (SSSR count). The molecule has 4 saturated heterocycles. The highest BCUT2D eigenvalue weighted by atomic mass is 16.3. The van der Waals surface area contributed by atoms with E-state index in [1.165, 1.54) is 18.7 Å². The quantitative estimate of drug-likeness (QED) is 0.439. The maximum atomic E-state index is 13.1. The third-order valence-electron chi connectivity index (χ3n) is 7.78. The van der Waals surface area contributed by atoms with Crippen molar-refractivity contribution >= 4 is 22.4 Å². The van der Waals surface area contributed by atoms with Crippen LogP contribution in [0.2, 0.25) is 0 Å². The number of quaternary nitrogens is 2. The van der Waals surface area contributed by atoms with Gasteiger partial charge in [-0.3, -0.25) is 4.79 Å². The first kappa shape index (κ1) is 20.4. The fraction of sp³-hybridized carbons (Fsp3) is 0.333. The number of hydrogen-bond donors (Lipinski definition) is 4. The Balaban J connectivity index is 1.33. The number of rotatable bonds is 4. The molecule has 3 aromatic carbocycles. The van der Waals surface area contributed by atoms with Crippen LogP contribution in [0.15, 0.2) is 71.8 Å². The molecule has 6 nitrogen and oxygen atoms in total. The predicted octanol–water partition coefficient (Wildman–Crippen LogP) is 0.287. The summed E-state index contributed by atoms with van der Waals surface area (Å²) in [6.07, 6.45) is 0.952. The number of hydrogen-bond acceptors (Lipinski definition) is 3. The van der Waals surface area contributed by atoms with Crippen LogP contribution in [0.5, 0.6) is 5.75 Å². The number of carbonyl (C=O) groups excluding carboxylic acids is 1. The molecule has 4 bridgehead atoms. The zero-order valence-electron chi connectivity index (χ0n) is 18.7. The number of nitrogens with zero attached hydrogens (tertiary/aromatic N) is 1. The number of piperidine rings is 2. The van der Waals surface area contributed by atoms with Crippen molar-refractivity contribution in [3.05, 3.63) is 77.9 Å². The van der Waals surface area contributed by atoms with Gasteiger partial charge < -0.3 is 14.9 Å².